The Hall–Kier alpha value is -3.14. The highest BCUT2D eigenvalue weighted by molar-refractivity contribution is 7.92. The number of sulfonamides is 1. The Bertz CT molecular complexity index is 1060. The SMILES string of the molecule is Cc1noc(NS(=O)(=O)c2ccc(NC(=O)[C@H]3CC=CC[C@@H]3C(=O)O)cc2)c1C. The number of allylic oxidation sites excluding steroid dienone is 2. The van der Waals surface area contributed by atoms with Crippen LogP contribution in [0.2, 0.25) is 0 Å². The molecule has 2 atom stereocenters. The van der Waals surface area contributed by atoms with Crippen LogP contribution in [-0.2, 0) is 19.6 Å². The molecule has 0 spiro atoms. The number of carbonyl (C=O) groups excluding carboxylic acids is 1. The van der Waals surface area contributed by atoms with E-state index in [4.69, 9.17) is 4.52 Å². The molecule has 1 amide bonds. The van der Waals surface area contributed by atoms with Gasteiger partial charge in [0.1, 0.15) is 0 Å². The lowest BCUT2D eigenvalue weighted by Crippen LogP contribution is -2.34. The van der Waals surface area contributed by atoms with E-state index in [1.165, 1.54) is 24.3 Å². The van der Waals surface area contributed by atoms with Crippen molar-refractivity contribution in [2.75, 3.05) is 10.0 Å². The van der Waals surface area contributed by atoms with Gasteiger partial charge in [-0.3, -0.25) is 9.59 Å². The van der Waals surface area contributed by atoms with E-state index >= 15 is 0 Å². The highest BCUT2D eigenvalue weighted by Gasteiger charge is 2.34. The third-order valence-corrected chi connectivity index (χ3v) is 6.25. The molecule has 9 nitrogen and oxygen atoms in total. The van der Waals surface area contributed by atoms with Crippen LogP contribution in [0, 0.1) is 25.7 Å². The van der Waals surface area contributed by atoms with Crippen molar-refractivity contribution < 1.29 is 27.6 Å². The first-order valence-electron chi connectivity index (χ1n) is 8.93. The molecule has 3 rings (SSSR count). The van der Waals surface area contributed by atoms with E-state index in [0.717, 1.165) is 0 Å². The Labute approximate surface area is 167 Å². The van der Waals surface area contributed by atoms with Crippen molar-refractivity contribution >= 4 is 33.5 Å². The summed E-state index contributed by atoms with van der Waals surface area (Å²) in [5, 5.41) is 15.7. The Morgan fingerprint density at radius 1 is 1.10 bits per heavy atom. The molecule has 0 unspecified atom stereocenters. The average molecular weight is 419 g/mol. The van der Waals surface area contributed by atoms with Crippen LogP contribution in [-0.4, -0.2) is 30.6 Å². The van der Waals surface area contributed by atoms with Gasteiger partial charge in [-0.1, -0.05) is 17.3 Å². The maximum Gasteiger partial charge on any atom is 0.307 e. The molecule has 1 aromatic heterocycles. The highest BCUT2D eigenvalue weighted by atomic mass is 32.2. The molecule has 0 saturated heterocycles. The number of carboxylic acid groups (broad SMARTS) is 1. The number of nitrogens with one attached hydrogen (secondary N) is 2. The largest absolute Gasteiger partial charge is 0.481 e. The zero-order valence-corrected chi connectivity index (χ0v) is 16.7. The molecule has 3 N–H and O–H groups in total. The number of amides is 1. The Morgan fingerprint density at radius 2 is 1.72 bits per heavy atom. The van der Waals surface area contributed by atoms with Gasteiger partial charge in [0.15, 0.2) is 0 Å². The molecule has 0 saturated carbocycles. The van der Waals surface area contributed by atoms with Crippen LogP contribution in [0.15, 0.2) is 45.8 Å². The lowest BCUT2D eigenvalue weighted by Gasteiger charge is -2.24. The summed E-state index contributed by atoms with van der Waals surface area (Å²) in [6.45, 7) is 3.39. The van der Waals surface area contributed by atoms with Crippen LogP contribution in [0.5, 0.6) is 0 Å². The zero-order valence-electron chi connectivity index (χ0n) is 15.9. The fraction of sp³-hybridized carbons (Fsp3) is 0.316. The summed E-state index contributed by atoms with van der Waals surface area (Å²) >= 11 is 0. The number of nitrogens with zero attached hydrogens (tertiary/aromatic N) is 1. The predicted octanol–water partition coefficient (Wildman–Crippen LogP) is 2.70. The molecule has 10 heteroatoms. The minimum absolute atomic E-state index is 0.0204. The molecule has 0 fully saturated rings. The van der Waals surface area contributed by atoms with Crippen molar-refractivity contribution in [1.82, 2.24) is 5.16 Å². The number of carbonyl (C=O) groups is 2. The minimum Gasteiger partial charge on any atom is -0.481 e. The Balaban J connectivity index is 1.71. The van der Waals surface area contributed by atoms with E-state index in [1.807, 2.05) is 0 Å². The van der Waals surface area contributed by atoms with E-state index in [9.17, 15) is 23.1 Å². The molecule has 1 heterocycles. The normalized spacial score (nSPS) is 19.0. The number of aromatic nitrogens is 1. The summed E-state index contributed by atoms with van der Waals surface area (Å²) in [6.07, 6.45) is 4.19. The summed E-state index contributed by atoms with van der Waals surface area (Å²) in [6, 6.07) is 5.57. The van der Waals surface area contributed by atoms with Crippen molar-refractivity contribution in [2.45, 2.75) is 31.6 Å². The van der Waals surface area contributed by atoms with E-state index in [-0.39, 0.29) is 10.8 Å². The summed E-state index contributed by atoms with van der Waals surface area (Å²) in [7, 11) is -3.89. The topological polar surface area (TPSA) is 139 Å². The van der Waals surface area contributed by atoms with Crippen LogP contribution in [0.1, 0.15) is 24.1 Å². The second-order valence-electron chi connectivity index (χ2n) is 6.84. The molecule has 1 aliphatic rings. The second-order valence-corrected chi connectivity index (χ2v) is 8.52. The number of hydrogen-bond donors (Lipinski definition) is 3. The van der Waals surface area contributed by atoms with Gasteiger partial charge in [0.25, 0.3) is 10.0 Å². The van der Waals surface area contributed by atoms with Crippen LogP contribution in [0.4, 0.5) is 11.6 Å². The fourth-order valence-corrected chi connectivity index (χ4v) is 4.07. The van der Waals surface area contributed by atoms with Gasteiger partial charge in [-0.25, -0.2) is 13.1 Å². The number of benzene rings is 1. The standard InChI is InChI=1S/C19H21N3O6S/c1-11-12(2)21-28-18(11)22-29(26,27)14-9-7-13(8-10-14)20-17(23)15-5-3-4-6-16(15)19(24)25/h3-4,7-10,15-16,22H,5-6H2,1-2H3,(H,20,23)(H,24,25)/t15-,16-/m0/s1. The number of aryl methyl sites for hydroxylation is 1. The van der Waals surface area contributed by atoms with Gasteiger partial charge >= 0.3 is 5.97 Å². The maximum atomic E-state index is 12.5. The highest BCUT2D eigenvalue weighted by Crippen LogP contribution is 2.28. The number of anilines is 2. The monoisotopic (exact) mass is 419 g/mol. The van der Waals surface area contributed by atoms with Crippen molar-refractivity contribution in [3.05, 3.63) is 47.7 Å². The van der Waals surface area contributed by atoms with Gasteiger partial charge in [-0.2, -0.15) is 0 Å². The van der Waals surface area contributed by atoms with E-state index in [1.54, 1.807) is 26.0 Å². The zero-order chi connectivity index (χ0) is 21.2. The molecule has 29 heavy (non-hydrogen) atoms. The first-order chi connectivity index (χ1) is 13.7. The van der Waals surface area contributed by atoms with Crippen molar-refractivity contribution in [1.29, 1.82) is 0 Å². The van der Waals surface area contributed by atoms with E-state index in [2.05, 4.69) is 15.2 Å². The smallest absolute Gasteiger partial charge is 0.307 e. The molecular formula is C19H21N3O6S. The maximum absolute atomic E-state index is 12.5. The summed E-state index contributed by atoms with van der Waals surface area (Å²) in [5.41, 5.74) is 1.55. The van der Waals surface area contributed by atoms with Crippen molar-refractivity contribution in [2.24, 2.45) is 11.8 Å². The molecule has 2 aromatic rings. The molecule has 1 aromatic carbocycles. The van der Waals surface area contributed by atoms with Gasteiger partial charge in [-0.05, 0) is 51.0 Å². The lowest BCUT2D eigenvalue weighted by molar-refractivity contribution is -0.146. The minimum atomic E-state index is -3.89. The Morgan fingerprint density at radius 3 is 2.28 bits per heavy atom. The molecule has 154 valence electrons. The molecular weight excluding hydrogens is 398 g/mol. The van der Waals surface area contributed by atoms with Gasteiger partial charge < -0.3 is 14.9 Å². The van der Waals surface area contributed by atoms with Crippen molar-refractivity contribution in [3.63, 3.8) is 0 Å². The Kier molecular flexibility index (Phi) is 5.73. The van der Waals surface area contributed by atoms with Crippen LogP contribution < -0.4 is 10.0 Å². The van der Waals surface area contributed by atoms with Gasteiger partial charge in [0, 0.05) is 11.3 Å². The number of hydrogen-bond acceptors (Lipinski definition) is 6. The molecule has 0 bridgehead atoms. The number of carboxylic acids is 1. The second kappa shape index (κ2) is 8.08. The van der Waals surface area contributed by atoms with E-state index in [0.29, 0.717) is 29.8 Å². The predicted molar refractivity (Wildman–Crippen MR) is 105 cm³/mol. The summed E-state index contributed by atoms with van der Waals surface area (Å²) in [4.78, 5) is 23.8. The molecule has 0 radical (unpaired) electrons. The van der Waals surface area contributed by atoms with Crippen LogP contribution in [0.25, 0.3) is 0 Å². The van der Waals surface area contributed by atoms with Crippen LogP contribution >= 0.6 is 0 Å². The number of rotatable bonds is 6. The lowest BCUT2D eigenvalue weighted by atomic mass is 9.82. The molecule has 1 aliphatic carbocycles. The quantitative estimate of drug-likeness (QED) is 0.612. The first-order valence-corrected chi connectivity index (χ1v) is 10.4. The molecule has 0 aliphatic heterocycles. The van der Waals surface area contributed by atoms with Gasteiger partial charge in [0.2, 0.25) is 11.8 Å². The van der Waals surface area contributed by atoms with Gasteiger partial charge in [0.05, 0.1) is 22.4 Å². The number of aliphatic carboxylic acids is 1. The third kappa shape index (κ3) is 4.48. The fourth-order valence-electron chi connectivity index (χ4n) is 3.02. The summed E-state index contributed by atoms with van der Waals surface area (Å²) < 4.78 is 32.3. The average Bonchev–Trinajstić information content (AvgIpc) is 3.00. The van der Waals surface area contributed by atoms with Crippen molar-refractivity contribution in [3.8, 4) is 0 Å². The van der Waals surface area contributed by atoms with Gasteiger partial charge in [-0.15, -0.1) is 0 Å². The first kappa shape index (κ1) is 20.6. The van der Waals surface area contributed by atoms with E-state index < -0.39 is 33.7 Å². The summed E-state index contributed by atoms with van der Waals surface area (Å²) in [5.74, 6) is -2.84. The van der Waals surface area contributed by atoms with Crippen LogP contribution in [0.3, 0.4) is 0 Å². The third-order valence-electron chi connectivity index (χ3n) is 4.90.